The van der Waals surface area contributed by atoms with Crippen molar-refractivity contribution in [2.75, 3.05) is 13.1 Å². The van der Waals surface area contributed by atoms with E-state index in [9.17, 15) is 22.8 Å². The summed E-state index contributed by atoms with van der Waals surface area (Å²) in [5, 5.41) is 9.02. The van der Waals surface area contributed by atoms with Gasteiger partial charge < -0.3 is 10.0 Å². The molecule has 21 heavy (non-hydrogen) atoms. The Morgan fingerprint density at radius 2 is 1.71 bits per heavy atom. The first kappa shape index (κ1) is 16.1. The number of hydrogen-bond donors (Lipinski definition) is 1. The standard InChI is InChI=1S/C14H20F3NO3/c15-14(16,17)11-5-2-6-18(8-11)12(19)9-3-1-4-10(7-9)13(20)21/h9-11H,1-8H2,(H,20,21). The number of nitrogens with zero attached hydrogens (tertiary/aromatic N) is 1. The quantitative estimate of drug-likeness (QED) is 0.853. The van der Waals surface area contributed by atoms with Crippen molar-refractivity contribution < 1.29 is 27.9 Å². The molecule has 0 aromatic heterocycles. The molecule has 3 unspecified atom stereocenters. The first-order valence-electron chi connectivity index (χ1n) is 7.37. The van der Waals surface area contributed by atoms with Gasteiger partial charge in [0.1, 0.15) is 0 Å². The van der Waals surface area contributed by atoms with Gasteiger partial charge in [0.05, 0.1) is 11.8 Å². The van der Waals surface area contributed by atoms with Gasteiger partial charge in [0, 0.05) is 19.0 Å². The maximum atomic E-state index is 12.8. The Bertz CT molecular complexity index is 411. The normalized spacial score (nSPS) is 31.0. The van der Waals surface area contributed by atoms with Crippen LogP contribution in [0.2, 0.25) is 0 Å². The Balaban J connectivity index is 1.97. The van der Waals surface area contributed by atoms with E-state index in [1.165, 1.54) is 4.90 Å². The fourth-order valence-electron chi connectivity index (χ4n) is 3.34. The molecule has 1 heterocycles. The molecule has 2 rings (SSSR count). The Labute approximate surface area is 121 Å². The Morgan fingerprint density at radius 1 is 1.05 bits per heavy atom. The molecule has 1 aliphatic heterocycles. The molecule has 0 spiro atoms. The summed E-state index contributed by atoms with van der Waals surface area (Å²) in [5.74, 6) is -3.65. The molecule has 120 valence electrons. The lowest BCUT2D eigenvalue weighted by Crippen LogP contribution is -2.47. The number of piperidine rings is 1. The number of rotatable bonds is 2. The van der Waals surface area contributed by atoms with E-state index in [1.54, 1.807) is 0 Å². The van der Waals surface area contributed by atoms with Crippen molar-refractivity contribution in [3.05, 3.63) is 0 Å². The monoisotopic (exact) mass is 307 g/mol. The van der Waals surface area contributed by atoms with E-state index in [-0.39, 0.29) is 25.3 Å². The van der Waals surface area contributed by atoms with Gasteiger partial charge in [-0.15, -0.1) is 0 Å². The third-order valence-corrected chi connectivity index (χ3v) is 4.57. The molecular weight excluding hydrogens is 287 g/mol. The summed E-state index contributed by atoms with van der Waals surface area (Å²) in [5.41, 5.74) is 0. The van der Waals surface area contributed by atoms with Crippen molar-refractivity contribution in [3.8, 4) is 0 Å². The van der Waals surface area contributed by atoms with Crippen LogP contribution < -0.4 is 0 Å². The van der Waals surface area contributed by atoms with Gasteiger partial charge in [-0.05, 0) is 32.1 Å². The number of hydrogen-bond acceptors (Lipinski definition) is 2. The minimum absolute atomic E-state index is 0.0652. The molecule has 1 saturated heterocycles. The summed E-state index contributed by atoms with van der Waals surface area (Å²) < 4.78 is 38.3. The van der Waals surface area contributed by atoms with Crippen molar-refractivity contribution in [2.24, 2.45) is 17.8 Å². The molecule has 7 heteroatoms. The number of carbonyl (C=O) groups is 2. The van der Waals surface area contributed by atoms with E-state index in [1.807, 2.05) is 0 Å². The van der Waals surface area contributed by atoms with Gasteiger partial charge in [-0.1, -0.05) is 6.42 Å². The molecule has 1 aliphatic carbocycles. The maximum Gasteiger partial charge on any atom is 0.393 e. The molecule has 0 aromatic rings. The number of amides is 1. The lowest BCUT2D eigenvalue weighted by Gasteiger charge is -2.37. The first-order chi connectivity index (χ1) is 9.79. The summed E-state index contributed by atoms with van der Waals surface area (Å²) in [6.45, 7) is 0.0657. The second-order valence-electron chi connectivity index (χ2n) is 6.06. The zero-order valence-electron chi connectivity index (χ0n) is 11.7. The van der Waals surface area contributed by atoms with Crippen LogP contribution in [0.15, 0.2) is 0 Å². The third kappa shape index (κ3) is 3.89. The minimum Gasteiger partial charge on any atom is -0.481 e. The smallest absolute Gasteiger partial charge is 0.393 e. The van der Waals surface area contributed by atoms with Crippen LogP contribution in [0.3, 0.4) is 0 Å². The number of halogens is 3. The number of carboxylic acid groups (broad SMARTS) is 1. The van der Waals surface area contributed by atoms with Crippen molar-refractivity contribution >= 4 is 11.9 Å². The van der Waals surface area contributed by atoms with Crippen molar-refractivity contribution in [1.29, 1.82) is 0 Å². The lowest BCUT2D eigenvalue weighted by molar-refractivity contribution is -0.188. The van der Waals surface area contributed by atoms with Crippen LogP contribution >= 0.6 is 0 Å². The second kappa shape index (κ2) is 6.23. The number of carboxylic acids is 1. The van der Waals surface area contributed by atoms with E-state index in [4.69, 9.17) is 5.11 Å². The van der Waals surface area contributed by atoms with Crippen molar-refractivity contribution in [1.82, 2.24) is 4.90 Å². The Hall–Kier alpha value is -1.27. The molecule has 0 bridgehead atoms. The average Bonchev–Trinajstić information content (AvgIpc) is 2.46. The highest BCUT2D eigenvalue weighted by Gasteiger charge is 2.44. The number of carbonyl (C=O) groups excluding carboxylic acids is 1. The Kier molecular flexibility index (Phi) is 4.78. The van der Waals surface area contributed by atoms with E-state index in [0.717, 1.165) is 0 Å². The summed E-state index contributed by atoms with van der Waals surface area (Å²) in [7, 11) is 0. The topological polar surface area (TPSA) is 57.6 Å². The van der Waals surface area contributed by atoms with Gasteiger partial charge in [-0.2, -0.15) is 13.2 Å². The number of alkyl halides is 3. The number of aliphatic carboxylic acids is 1. The average molecular weight is 307 g/mol. The fourth-order valence-corrected chi connectivity index (χ4v) is 3.34. The molecule has 2 aliphatic rings. The van der Waals surface area contributed by atoms with Gasteiger partial charge in [0.2, 0.25) is 5.91 Å². The summed E-state index contributed by atoms with van der Waals surface area (Å²) in [6, 6.07) is 0. The Morgan fingerprint density at radius 3 is 2.33 bits per heavy atom. The van der Waals surface area contributed by atoms with Crippen LogP contribution in [0.1, 0.15) is 38.5 Å². The molecule has 1 saturated carbocycles. The fraction of sp³-hybridized carbons (Fsp3) is 0.857. The zero-order valence-corrected chi connectivity index (χ0v) is 11.7. The lowest BCUT2D eigenvalue weighted by atomic mass is 9.80. The minimum atomic E-state index is -4.27. The predicted octanol–water partition coefficient (Wildman–Crippen LogP) is 2.68. The summed E-state index contributed by atoms with van der Waals surface area (Å²) in [6.07, 6.45) is -1.83. The molecular formula is C14H20F3NO3. The van der Waals surface area contributed by atoms with Gasteiger partial charge in [0.25, 0.3) is 0 Å². The predicted molar refractivity (Wildman–Crippen MR) is 68.4 cm³/mol. The highest BCUT2D eigenvalue weighted by Crippen LogP contribution is 2.35. The first-order valence-corrected chi connectivity index (χ1v) is 7.37. The van der Waals surface area contributed by atoms with Crippen molar-refractivity contribution in [2.45, 2.75) is 44.7 Å². The molecule has 0 aromatic carbocycles. The molecule has 0 radical (unpaired) electrons. The van der Waals surface area contributed by atoms with Crippen LogP contribution in [0.25, 0.3) is 0 Å². The van der Waals surface area contributed by atoms with Crippen LogP contribution in [0.4, 0.5) is 13.2 Å². The molecule has 1 amide bonds. The van der Waals surface area contributed by atoms with Crippen LogP contribution in [-0.4, -0.2) is 41.1 Å². The third-order valence-electron chi connectivity index (χ3n) is 4.57. The van der Waals surface area contributed by atoms with Crippen LogP contribution in [0, 0.1) is 17.8 Å². The van der Waals surface area contributed by atoms with Gasteiger partial charge in [-0.25, -0.2) is 0 Å². The summed E-state index contributed by atoms with van der Waals surface area (Å²) in [4.78, 5) is 24.7. The molecule has 3 atom stereocenters. The van der Waals surface area contributed by atoms with E-state index in [0.29, 0.717) is 32.2 Å². The largest absolute Gasteiger partial charge is 0.481 e. The highest BCUT2D eigenvalue weighted by molar-refractivity contribution is 5.80. The van der Waals surface area contributed by atoms with E-state index < -0.39 is 29.9 Å². The molecule has 4 nitrogen and oxygen atoms in total. The van der Waals surface area contributed by atoms with Crippen molar-refractivity contribution in [3.63, 3.8) is 0 Å². The zero-order chi connectivity index (χ0) is 15.6. The molecule has 2 fully saturated rings. The van der Waals surface area contributed by atoms with Gasteiger partial charge >= 0.3 is 12.1 Å². The van der Waals surface area contributed by atoms with Gasteiger partial charge in [0.15, 0.2) is 0 Å². The summed E-state index contributed by atoms with van der Waals surface area (Å²) >= 11 is 0. The SMILES string of the molecule is O=C(O)C1CCCC(C(=O)N2CCCC(C(F)(F)F)C2)C1. The number of likely N-dealkylation sites (tertiary alicyclic amines) is 1. The van der Waals surface area contributed by atoms with Crippen LogP contribution in [-0.2, 0) is 9.59 Å². The van der Waals surface area contributed by atoms with Crippen LogP contribution in [0.5, 0.6) is 0 Å². The highest BCUT2D eigenvalue weighted by atomic mass is 19.4. The second-order valence-corrected chi connectivity index (χ2v) is 6.06. The maximum absolute atomic E-state index is 12.8. The van der Waals surface area contributed by atoms with E-state index >= 15 is 0 Å². The van der Waals surface area contributed by atoms with Gasteiger partial charge in [-0.3, -0.25) is 9.59 Å². The van der Waals surface area contributed by atoms with E-state index in [2.05, 4.69) is 0 Å². The molecule has 1 N–H and O–H groups in total.